The summed E-state index contributed by atoms with van der Waals surface area (Å²) >= 11 is 0. The molecule has 1 aliphatic heterocycles. The lowest BCUT2D eigenvalue weighted by atomic mass is 10.1. The number of fused-ring (bicyclic) bond motifs is 1. The van der Waals surface area contributed by atoms with Gasteiger partial charge in [-0.25, -0.2) is 13.2 Å². The number of carbonyl (C=O) groups excluding carboxylic acids is 2. The number of esters is 1. The van der Waals surface area contributed by atoms with E-state index < -0.39 is 28.0 Å². The monoisotopic (exact) mass is 413 g/mol. The Bertz CT molecular complexity index is 1100. The highest BCUT2D eigenvalue weighted by Crippen LogP contribution is 2.31. The fourth-order valence-electron chi connectivity index (χ4n) is 3.00. The molecule has 0 fully saturated rings. The lowest BCUT2D eigenvalue weighted by Gasteiger charge is -2.17. The Morgan fingerprint density at radius 3 is 2.52 bits per heavy atom. The van der Waals surface area contributed by atoms with E-state index in [0.717, 1.165) is 11.8 Å². The van der Waals surface area contributed by atoms with Crippen LogP contribution >= 0.6 is 0 Å². The van der Waals surface area contributed by atoms with Crippen LogP contribution in [0.15, 0.2) is 42.5 Å². The summed E-state index contributed by atoms with van der Waals surface area (Å²) in [7, 11) is -3.37. The van der Waals surface area contributed by atoms with Crippen LogP contribution in [0.4, 0.5) is 11.4 Å². The molecule has 29 heavy (non-hydrogen) atoms. The molecule has 1 aliphatic rings. The largest absolute Gasteiger partial charge is 0.449 e. The molecule has 1 heterocycles. The van der Waals surface area contributed by atoms with Crippen molar-refractivity contribution in [3.8, 4) is 6.07 Å². The molecule has 8 nitrogen and oxygen atoms in total. The van der Waals surface area contributed by atoms with E-state index in [1.165, 1.54) is 17.3 Å². The van der Waals surface area contributed by atoms with Crippen molar-refractivity contribution in [2.24, 2.45) is 0 Å². The summed E-state index contributed by atoms with van der Waals surface area (Å²) < 4.78 is 30.1. The summed E-state index contributed by atoms with van der Waals surface area (Å²) in [6, 6.07) is 12.9. The maximum Gasteiger partial charge on any atom is 0.338 e. The minimum atomic E-state index is -3.37. The zero-order chi connectivity index (χ0) is 21.2. The number of nitrogens with zero attached hydrogens (tertiary/aromatic N) is 2. The second-order valence-corrected chi connectivity index (χ2v) is 8.56. The van der Waals surface area contributed by atoms with Gasteiger partial charge >= 0.3 is 5.97 Å². The van der Waals surface area contributed by atoms with Crippen LogP contribution in [0.3, 0.4) is 0 Å². The van der Waals surface area contributed by atoms with Crippen molar-refractivity contribution in [1.82, 2.24) is 0 Å². The van der Waals surface area contributed by atoms with Crippen molar-refractivity contribution < 1.29 is 22.7 Å². The van der Waals surface area contributed by atoms with E-state index in [2.05, 4.69) is 5.32 Å². The quantitative estimate of drug-likeness (QED) is 0.750. The van der Waals surface area contributed by atoms with E-state index in [-0.39, 0.29) is 5.56 Å². The number of anilines is 2. The number of amides is 1. The lowest BCUT2D eigenvalue weighted by Crippen LogP contribution is -2.30. The zero-order valence-electron chi connectivity index (χ0n) is 15.9. The lowest BCUT2D eigenvalue weighted by molar-refractivity contribution is -0.123. The van der Waals surface area contributed by atoms with Crippen LogP contribution in [-0.2, 0) is 26.0 Å². The number of hydrogen-bond acceptors (Lipinski definition) is 6. The fourth-order valence-corrected chi connectivity index (χ4v) is 3.96. The van der Waals surface area contributed by atoms with Gasteiger partial charge in [-0.15, -0.1) is 0 Å². The van der Waals surface area contributed by atoms with Crippen molar-refractivity contribution in [3.63, 3.8) is 0 Å². The summed E-state index contributed by atoms with van der Waals surface area (Å²) in [5.74, 6) is -1.18. The van der Waals surface area contributed by atoms with Gasteiger partial charge in [0.25, 0.3) is 5.91 Å². The zero-order valence-corrected chi connectivity index (χ0v) is 16.7. The van der Waals surface area contributed by atoms with Gasteiger partial charge in [-0.05, 0) is 61.4 Å². The number of rotatable bonds is 5. The van der Waals surface area contributed by atoms with Crippen LogP contribution in [0.25, 0.3) is 0 Å². The van der Waals surface area contributed by atoms with E-state index in [1.807, 2.05) is 6.07 Å². The molecule has 1 atom stereocenters. The number of ether oxygens (including phenoxy) is 1. The summed E-state index contributed by atoms with van der Waals surface area (Å²) in [4.78, 5) is 24.7. The normalized spacial score (nSPS) is 13.9. The Balaban J connectivity index is 1.65. The van der Waals surface area contributed by atoms with Crippen molar-refractivity contribution in [2.75, 3.05) is 22.4 Å². The molecule has 0 spiro atoms. The highest BCUT2D eigenvalue weighted by Gasteiger charge is 2.27. The molecule has 0 radical (unpaired) electrons. The molecule has 1 amide bonds. The third-order valence-corrected chi connectivity index (χ3v) is 5.68. The number of nitrogens with one attached hydrogen (secondary N) is 1. The topological polar surface area (TPSA) is 117 Å². The summed E-state index contributed by atoms with van der Waals surface area (Å²) in [6.45, 7) is 1.78. The number of nitriles is 1. The summed E-state index contributed by atoms with van der Waals surface area (Å²) in [5.41, 5.74) is 2.48. The fraction of sp³-hybridized carbons (Fsp3) is 0.250. The van der Waals surface area contributed by atoms with Crippen LogP contribution in [0, 0.1) is 11.3 Å². The summed E-state index contributed by atoms with van der Waals surface area (Å²) in [5, 5.41) is 11.4. The van der Waals surface area contributed by atoms with Gasteiger partial charge in [-0.2, -0.15) is 5.26 Å². The van der Waals surface area contributed by atoms with E-state index in [1.54, 1.807) is 36.4 Å². The van der Waals surface area contributed by atoms with Crippen molar-refractivity contribution in [3.05, 3.63) is 59.2 Å². The third-order valence-electron chi connectivity index (χ3n) is 4.50. The molecule has 0 unspecified atom stereocenters. The van der Waals surface area contributed by atoms with Gasteiger partial charge in [-0.1, -0.05) is 0 Å². The molecule has 0 bridgehead atoms. The maximum absolute atomic E-state index is 12.4. The predicted octanol–water partition coefficient (Wildman–Crippen LogP) is 2.06. The Morgan fingerprint density at radius 2 is 1.90 bits per heavy atom. The van der Waals surface area contributed by atoms with Crippen LogP contribution in [-0.4, -0.2) is 39.2 Å². The van der Waals surface area contributed by atoms with Gasteiger partial charge in [0, 0.05) is 12.2 Å². The summed E-state index contributed by atoms with van der Waals surface area (Å²) in [6.07, 6.45) is 0.593. The second kappa shape index (κ2) is 7.93. The first-order valence-corrected chi connectivity index (χ1v) is 10.7. The minimum Gasteiger partial charge on any atom is -0.449 e. The Hall–Kier alpha value is -3.38. The van der Waals surface area contributed by atoms with Crippen LogP contribution in [0.1, 0.15) is 28.4 Å². The van der Waals surface area contributed by atoms with Gasteiger partial charge in [0.2, 0.25) is 10.0 Å². The minimum absolute atomic E-state index is 0.247. The van der Waals surface area contributed by atoms with Crippen molar-refractivity contribution in [2.45, 2.75) is 19.4 Å². The van der Waals surface area contributed by atoms with E-state index in [0.29, 0.717) is 29.9 Å². The number of hydrogen-bond donors (Lipinski definition) is 1. The molecular weight excluding hydrogens is 394 g/mol. The molecule has 2 aromatic carbocycles. The average molecular weight is 413 g/mol. The van der Waals surface area contributed by atoms with E-state index in [4.69, 9.17) is 10.00 Å². The van der Waals surface area contributed by atoms with Gasteiger partial charge in [-0.3, -0.25) is 9.10 Å². The molecular formula is C20H19N3O5S. The van der Waals surface area contributed by atoms with E-state index >= 15 is 0 Å². The average Bonchev–Trinajstić information content (AvgIpc) is 3.12. The van der Waals surface area contributed by atoms with Crippen LogP contribution < -0.4 is 9.62 Å². The predicted molar refractivity (Wildman–Crippen MR) is 107 cm³/mol. The molecule has 0 aliphatic carbocycles. The number of sulfonamides is 1. The molecule has 2 aromatic rings. The molecule has 3 rings (SSSR count). The Morgan fingerprint density at radius 1 is 1.21 bits per heavy atom. The first-order valence-electron chi connectivity index (χ1n) is 8.81. The van der Waals surface area contributed by atoms with Crippen LogP contribution in [0.5, 0.6) is 0 Å². The number of carbonyl (C=O) groups is 2. The molecule has 0 saturated heterocycles. The van der Waals surface area contributed by atoms with Gasteiger partial charge in [0.15, 0.2) is 6.10 Å². The SMILES string of the molecule is C[C@@H](OC(=O)c1ccc2c(c1)CCN2S(C)(=O)=O)C(=O)Nc1ccc(C#N)cc1. The smallest absolute Gasteiger partial charge is 0.338 e. The molecule has 0 aromatic heterocycles. The van der Waals surface area contributed by atoms with Crippen molar-refractivity contribution in [1.29, 1.82) is 5.26 Å². The molecule has 9 heteroatoms. The maximum atomic E-state index is 12.4. The highest BCUT2D eigenvalue weighted by molar-refractivity contribution is 7.92. The molecule has 0 saturated carbocycles. The first kappa shape index (κ1) is 20.4. The standard InChI is InChI=1S/C20H19N3O5S/c1-13(19(24)22-17-6-3-14(12-21)4-7-17)28-20(25)16-5-8-18-15(11-16)9-10-23(18)29(2,26)27/h3-8,11,13H,9-10H2,1-2H3,(H,22,24)/t13-/m1/s1. The first-order chi connectivity index (χ1) is 13.7. The van der Waals surface area contributed by atoms with E-state index in [9.17, 15) is 18.0 Å². The van der Waals surface area contributed by atoms with Gasteiger partial charge in [0.1, 0.15) is 0 Å². The van der Waals surface area contributed by atoms with Gasteiger partial charge < -0.3 is 10.1 Å². The number of benzene rings is 2. The third kappa shape index (κ3) is 4.55. The molecule has 150 valence electrons. The Labute approximate surface area is 168 Å². The van der Waals surface area contributed by atoms with Crippen molar-refractivity contribution >= 4 is 33.3 Å². The second-order valence-electron chi connectivity index (χ2n) is 6.65. The van der Waals surface area contributed by atoms with Gasteiger partial charge in [0.05, 0.1) is 29.1 Å². The Kier molecular flexibility index (Phi) is 5.57. The highest BCUT2D eigenvalue weighted by atomic mass is 32.2. The molecule has 1 N–H and O–H groups in total. The van der Waals surface area contributed by atoms with Crippen LogP contribution in [0.2, 0.25) is 0 Å².